The molecule has 1 atom stereocenters. The molecule has 0 spiro atoms. The third kappa shape index (κ3) is 5.13. The Kier molecular flexibility index (Phi) is 7.44. The topological polar surface area (TPSA) is 58.6 Å². The number of para-hydroxylation sites is 1. The number of anilines is 1. The first-order valence-corrected chi connectivity index (χ1v) is 12.5. The van der Waals surface area contributed by atoms with Gasteiger partial charge in [0.15, 0.2) is 0 Å². The SMILES string of the molecule is CC(C)(C)[Si](OC(CCO)C(=O)Nc1ccccc1)(c1ccccc1)c1ccccc1. The predicted molar refractivity (Wildman–Crippen MR) is 129 cm³/mol. The molecule has 0 aromatic heterocycles. The van der Waals surface area contributed by atoms with Crippen LogP contribution in [0.15, 0.2) is 91.0 Å². The van der Waals surface area contributed by atoms with Crippen LogP contribution in [0.4, 0.5) is 5.69 Å². The zero-order valence-corrected chi connectivity index (χ0v) is 19.4. The molecule has 0 aliphatic rings. The average Bonchev–Trinajstić information content (AvgIpc) is 2.77. The molecule has 1 unspecified atom stereocenters. The Morgan fingerprint density at radius 1 is 0.871 bits per heavy atom. The van der Waals surface area contributed by atoms with Gasteiger partial charge in [-0.1, -0.05) is 99.6 Å². The fraction of sp³-hybridized carbons (Fsp3) is 0.269. The molecule has 5 heteroatoms. The zero-order chi connectivity index (χ0) is 22.3. The van der Waals surface area contributed by atoms with Gasteiger partial charge in [-0.2, -0.15) is 0 Å². The Morgan fingerprint density at radius 3 is 1.74 bits per heavy atom. The third-order valence-corrected chi connectivity index (χ3v) is 10.5. The van der Waals surface area contributed by atoms with E-state index in [1.54, 1.807) is 0 Å². The summed E-state index contributed by atoms with van der Waals surface area (Å²) in [6, 6.07) is 29.7. The number of aliphatic hydroxyl groups is 1. The van der Waals surface area contributed by atoms with Gasteiger partial charge >= 0.3 is 0 Å². The van der Waals surface area contributed by atoms with Crippen molar-refractivity contribution in [2.24, 2.45) is 0 Å². The summed E-state index contributed by atoms with van der Waals surface area (Å²) in [7, 11) is -2.90. The first-order chi connectivity index (χ1) is 14.9. The molecule has 4 nitrogen and oxygen atoms in total. The Balaban J connectivity index is 2.08. The van der Waals surface area contributed by atoms with E-state index in [4.69, 9.17) is 4.43 Å². The molecule has 1 amide bonds. The van der Waals surface area contributed by atoms with E-state index in [-0.39, 0.29) is 24.0 Å². The minimum Gasteiger partial charge on any atom is -0.396 e. The average molecular weight is 434 g/mol. The van der Waals surface area contributed by atoms with Crippen LogP contribution in [0.2, 0.25) is 5.04 Å². The lowest BCUT2D eigenvalue weighted by Gasteiger charge is -2.44. The van der Waals surface area contributed by atoms with E-state index in [9.17, 15) is 9.90 Å². The van der Waals surface area contributed by atoms with Crippen LogP contribution in [0.3, 0.4) is 0 Å². The molecule has 162 valence electrons. The molecule has 3 aromatic carbocycles. The molecule has 31 heavy (non-hydrogen) atoms. The summed E-state index contributed by atoms with van der Waals surface area (Å²) in [4.78, 5) is 13.2. The second-order valence-corrected chi connectivity index (χ2v) is 12.9. The summed E-state index contributed by atoms with van der Waals surface area (Å²) in [5, 5.41) is 14.6. The Bertz CT molecular complexity index is 917. The molecule has 0 bridgehead atoms. The van der Waals surface area contributed by atoms with Crippen LogP contribution in [0.25, 0.3) is 0 Å². The second kappa shape index (κ2) is 10.0. The first kappa shape index (κ1) is 22.9. The van der Waals surface area contributed by atoms with Crippen LogP contribution >= 0.6 is 0 Å². The van der Waals surface area contributed by atoms with Crippen molar-refractivity contribution in [2.45, 2.75) is 38.3 Å². The van der Waals surface area contributed by atoms with Crippen LogP contribution in [0, 0.1) is 0 Å². The fourth-order valence-corrected chi connectivity index (χ4v) is 8.68. The lowest BCUT2D eigenvalue weighted by molar-refractivity contribution is -0.123. The summed E-state index contributed by atoms with van der Waals surface area (Å²) in [5.74, 6) is -0.242. The lowest BCUT2D eigenvalue weighted by Crippen LogP contribution is -2.68. The van der Waals surface area contributed by atoms with Crippen LogP contribution in [-0.2, 0) is 9.22 Å². The highest BCUT2D eigenvalue weighted by Gasteiger charge is 2.52. The largest absolute Gasteiger partial charge is 0.396 e. The molecule has 3 aromatic rings. The number of carbonyl (C=O) groups is 1. The fourth-order valence-electron chi connectivity index (χ4n) is 4.01. The van der Waals surface area contributed by atoms with Gasteiger partial charge in [0.25, 0.3) is 14.2 Å². The van der Waals surface area contributed by atoms with Crippen molar-refractivity contribution in [1.29, 1.82) is 0 Å². The van der Waals surface area contributed by atoms with Crippen molar-refractivity contribution >= 4 is 30.3 Å². The van der Waals surface area contributed by atoms with Gasteiger partial charge in [-0.15, -0.1) is 0 Å². The maximum Gasteiger partial charge on any atom is 0.262 e. The van der Waals surface area contributed by atoms with Gasteiger partial charge in [0.2, 0.25) is 0 Å². The van der Waals surface area contributed by atoms with Crippen molar-refractivity contribution in [3.8, 4) is 0 Å². The van der Waals surface area contributed by atoms with Gasteiger partial charge in [0, 0.05) is 18.7 Å². The number of aliphatic hydroxyl groups excluding tert-OH is 1. The van der Waals surface area contributed by atoms with Crippen molar-refractivity contribution in [1.82, 2.24) is 0 Å². The van der Waals surface area contributed by atoms with Gasteiger partial charge in [-0.3, -0.25) is 4.79 Å². The minimum absolute atomic E-state index is 0.134. The summed E-state index contributed by atoms with van der Waals surface area (Å²) in [6.07, 6.45) is -0.556. The smallest absolute Gasteiger partial charge is 0.262 e. The van der Waals surface area contributed by atoms with E-state index in [2.05, 4.69) is 50.4 Å². The third-order valence-electron chi connectivity index (χ3n) is 5.46. The number of nitrogens with one attached hydrogen (secondary N) is 1. The minimum atomic E-state index is -2.90. The van der Waals surface area contributed by atoms with E-state index in [0.717, 1.165) is 10.4 Å². The molecule has 0 aliphatic carbocycles. The number of amides is 1. The van der Waals surface area contributed by atoms with Crippen molar-refractivity contribution in [3.05, 3.63) is 91.0 Å². The van der Waals surface area contributed by atoms with Crippen LogP contribution in [0.5, 0.6) is 0 Å². The van der Waals surface area contributed by atoms with Crippen LogP contribution < -0.4 is 15.7 Å². The highest BCUT2D eigenvalue weighted by Crippen LogP contribution is 2.38. The number of benzene rings is 3. The molecule has 0 heterocycles. The standard InChI is InChI=1S/C26H31NO3Si/c1-26(2,3)31(22-15-9-5-10-16-22,23-17-11-6-12-18-23)30-24(19-20-28)25(29)27-21-13-7-4-8-14-21/h4-18,24,28H,19-20H2,1-3H3,(H,27,29). The quantitative estimate of drug-likeness (QED) is 0.529. The number of carbonyl (C=O) groups excluding carboxylic acids is 1. The van der Waals surface area contributed by atoms with Gasteiger partial charge in [0.1, 0.15) is 6.10 Å². The molecule has 3 rings (SSSR count). The van der Waals surface area contributed by atoms with Crippen LogP contribution in [0.1, 0.15) is 27.2 Å². The van der Waals surface area contributed by atoms with Gasteiger partial charge in [0.05, 0.1) is 0 Å². The van der Waals surface area contributed by atoms with Crippen molar-refractivity contribution < 1.29 is 14.3 Å². The Morgan fingerprint density at radius 2 is 1.32 bits per heavy atom. The highest BCUT2D eigenvalue weighted by molar-refractivity contribution is 6.99. The van der Waals surface area contributed by atoms with E-state index in [0.29, 0.717) is 5.69 Å². The van der Waals surface area contributed by atoms with E-state index < -0.39 is 14.4 Å². The monoisotopic (exact) mass is 433 g/mol. The van der Waals surface area contributed by atoms with Crippen LogP contribution in [-0.4, -0.2) is 32.0 Å². The zero-order valence-electron chi connectivity index (χ0n) is 18.4. The molecular formula is C26H31NO3Si. The van der Waals surface area contributed by atoms with Gasteiger partial charge in [-0.25, -0.2) is 0 Å². The van der Waals surface area contributed by atoms with Gasteiger partial charge < -0.3 is 14.8 Å². The molecular weight excluding hydrogens is 402 g/mol. The molecule has 0 radical (unpaired) electrons. The second-order valence-electron chi connectivity index (χ2n) is 8.64. The first-order valence-electron chi connectivity index (χ1n) is 10.6. The van der Waals surface area contributed by atoms with Gasteiger partial charge in [-0.05, 0) is 27.5 Å². The molecule has 0 fully saturated rings. The summed E-state index contributed by atoms with van der Waals surface area (Å²) in [5.41, 5.74) is 0.710. The summed E-state index contributed by atoms with van der Waals surface area (Å²) < 4.78 is 6.92. The summed E-state index contributed by atoms with van der Waals surface area (Å²) >= 11 is 0. The molecule has 0 saturated carbocycles. The number of hydrogen-bond donors (Lipinski definition) is 2. The number of rotatable bonds is 8. The normalized spacial score (nSPS) is 12.9. The highest BCUT2D eigenvalue weighted by atomic mass is 28.4. The maximum absolute atomic E-state index is 13.2. The van der Waals surface area contributed by atoms with E-state index >= 15 is 0 Å². The summed E-state index contributed by atoms with van der Waals surface area (Å²) in [6.45, 7) is 6.38. The molecule has 0 saturated heterocycles. The maximum atomic E-state index is 13.2. The Labute approximate surface area is 186 Å². The number of hydrogen-bond acceptors (Lipinski definition) is 3. The van der Waals surface area contributed by atoms with E-state index in [1.165, 1.54) is 0 Å². The van der Waals surface area contributed by atoms with Crippen molar-refractivity contribution in [2.75, 3.05) is 11.9 Å². The molecule has 2 N–H and O–H groups in total. The molecule has 0 aliphatic heterocycles. The lowest BCUT2D eigenvalue weighted by atomic mass is 10.2. The van der Waals surface area contributed by atoms with Crippen molar-refractivity contribution in [3.63, 3.8) is 0 Å². The predicted octanol–water partition coefficient (Wildman–Crippen LogP) is 3.95. The van der Waals surface area contributed by atoms with E-state index in [1.807, 2.05) is 66.7 Å². The Hall–Kier alpha value is -2.73.